The van der Waals surface area contributed by atoms with E-state index < -0.39 is 11.6 Å². The van der Waals surface area contributed by atoms with Gasteiger partial charge >= 0.3 is 0 Å². The van der Waals surface area contributed by atoms with Gasteiger partial charge in [-0.3, -0.25) is 4.57 Å². The molecule has 1 saturated heterocycles. The number of anilines is 2. The zero-order valence-corrected chi connectivity index (χ0v) is 19.6. The number of aromatic amines is 1. The van der Waals surface area contributed by atoms with Crippen LogP contribution in [0.5, 0.6) is 0 Å². The highest BCUT2D eigenvalue weighted by molar-refractivity contribution is 5.94. The Bertz CT molecular complexity index is 1570. The normalized spacial score (nSPS) is 14.6. The molecule has 4 heterocycles. The smallest absolute Gasteiger partial charge is 0.182 e. The molecule has 36 heavy (non-hydrogen) atoms. The molecular formula is C26H24F2N8. The lowest BCUT2D eigenvalue weighted by molar-refractivity contribution is 0.313. The van der Waals surface area contributed by atoms with Gasteiger partial charge in [-0.05, 0) is 42.9 Å². The zero-order valence-electron chi connectivity index (χ0n) is 19.6. The van der Waals surface area contributed by atoms with Crippen molar-refractivity contribution in [2.45, 2.75) is 0 Å². The molecule has 0 saturated carbocycles. The highest BCUT2D eigenvalue weighted by atomic mass is 19.2. The fourth-order valence-electron chi connectivity index (χ4n) is 4.69. The summed E-state index contributed by atoms with van der Waals surface area (Å²) in [5, 5.41) is 8.91. The molecule has 0 aliphatic carbocycles. The van der Waals surface area contributed by atoms with Crippen molar-refractivity contribution in [3.05, 3.63) is 72.8 Å². The van der Waals surface area contributed by atoms with Crippen molar-refractivity contribution in [2.24, 2.45) is 0 Å². The van der Waals surface area contributed by atoms with Crippen molar-refractivity contribution in [1.29, 1.82) is 0 Å². The van der Waals surface area contributed by atoms with Gasteiger partial charge in [-0.15, -0.1) is 10.2 Å². The Morgan fingerprint density at radius 2 is 1.81 bits per heavy atom. The van der Waals surface area contributed by atoms with Gasteiger partial charge in [-0.1, -0.05) is 12.1 Å². The molecule has 1 fully saturated rings. The van der Waals surface area contributed by atoms with E-state index in [0.29, 0.717) is 22.7 Å². The number of hydrogen-bond donors (Lipinski definition) is 2. The van der Waals surface area contributed by atoms with Crippen molar-refractivity contribution in [2.75, 3.05) is 43.9 Å². The number of aromatic nitrogens is 5. The number of fused-ring (bicyclic) bond motifs is 1. The maximum atomic E-state index is 14.5. The van der Waals surface area contributed by atoms with E-state index in [4.69, 9.17) is 5.73 Å². The number of rotatable bonds is 4. The van der Waals surface area contributed by atoms with Gasteiger partial charge in [0.15, 0.2) is 17.5 Å². The Morgan fingerprint density at radius 1 is 0.972 bits per heavy atom. The van der Waals surface area contributed by atoms with E-state index in [0.717, 1.165) is 54.4 Å². The third kappa shape index (κ3) is 3.75. The second-order valence-electron chi connectivity index (χ2n) is 8.98. The second-order valence-corrected chi connectivity index (χ2v) is 8.98. The predicted molar refractivity (Wildman–Crippen MR) is 136 cm³/mol. The summed E-state index contributed by atoms with van der Waals surface area (Å²) in [6.07, 6.45) is 4.88. The monoisotopic (exact) mass is 486 g/mol. The number of nitrogens with one attached hydrogen (secondary N) is 1. The van der Waals surface area contributed by atoms with E-state index in [1.165, 1.54) is 23.0 Å². The Kier molecular flexibility index (Phi) is 5.37. The summed E-state index contributed by atoms with van der Waals surface area (Å²) < 4.78 is 29.8. The molecule has 1 aliphatic heterocycles. The van der Waals surface area contributed by atoms with Crippen molar-refractivity contribution in [3.8, 4) is 28.2 Å². The van der Waals surface area contributed by atoms with E-state index in [-0.39, 0.29) is 5.69 Å². The lowest BCUT2D eigenvalue weighted by Gasteiger charge is -2.34. The Hall–Kier alpha value is -4.31. The van der Waals surface area contributed by atoms with E-state index in [2.05, 4.69) is 43.1 Å². The number of nitrogens with zero attached hydrogens (tertiary/aromatic N) is 6. The minimum atomic E-state index is -0.965. The lowest BCUT2D eigenvalue weighted by Crippen LogP contribution is -2.44. The molecule has 5 aromatic rings. The first-order valence-electron chi connectivity index (χ1n) is 11.6. The number of pyridine rings is 1. The quantitative estimate of drug-likeness (QED) is 0.372. The molecule has 0 atom stereocenters. The Balaban J connectivity index is 1.38. The second kappa shape index (κ2) is 8.72. The van der Waals surface area contributed by atoms with Crippen LogP contribution in [0.3, 0.4) is 0 Å². The van der Waals surface area contributed by atoms with Crippen LogP contribution in [-0.4, -0.2) is 62.9 Å². The first kappa shape index (κ1) is 22.2. The molecule has 1 aliphatic rings. The summed E-state index contributed by atoms with van der Waals surface area (Å²) in [6.45, 7) is 3.88. The van der Waals surface area contributed by atoms with E-state index >= 15 is 0 Å². The molecule has 10 heteroatoms. The van der Waals surface area contributed by atoms with Gasteiger partial charge in [0.1, 0.15) is 12.0 Å². The fourth-order valence-corrected chi connectivity index (χ4v) is 4.69. The first-order chi connectivity index (χ1) is 17.5. The van der Waals surface area contributed by atoms with Crippen LogP contribution in [0.15, 0.2) is 61.2 Å². The minimum absolute atomic E-state index is 0.0285. The summed E-state index contributed by atoms with van der Waals surface area (Å²) in [7, 11) is 2.12. The molecule has 0 amide bonds. The van der Waals surface area contributed by atoms with Gasteiger partial charge in [-0.25, -0.2) is 13.8 Å². The average Bonchev–Trinajstić information content (AvgIpc) is 3.53. The molecule has 3 N–H and O–H groups in total. The van der Waals surface area contributed by atoms with Gasteiger partial charge in [-0.2, -0.15) is 0 Å². The lowest BCUT2D eigenvalue weighted by atomic mass is 10.0. The van der Waals surface area contributed by atoms with Gasteiger partial charge < -0.3 is 20.5 Å². The predicted octanol–water partition coefficient (Wildman–Crippen LogP) is 4.09. The van der Waals surface area contributed by atoms with Gasteiger partial charge in [0.05, 0.1) is 17.1 Å². The number of likely N-dealkylation sites (N-methyl/N-ethyl adjacent to an activating group) is 1. The standard InChI is InChI=1S/C26H24F2N8/c1-34-7-9-35(10-8-34)22-6-5-16(12-21(22)29)17-11-18-19(14-31-25(18)30-13-17)26-33-32-15-36(26)23-4-2-3-20(27)24(23)28/h2-6,11-15H,7-10,29H2,1H3,(H,30,31). The van der Waals surface area contributed by atoms with Crippen LogP contribution in [0.1, 0.15) is 0 Å². The molecular weight excluding hydrogens is 462 g/mol. The Morgan fingerprint density at radius 3 is 2.61 bits per heavy atom. The summed E-state index contributed by atoms with van der Waals surface area (Å²) in [6, 6.07) is 12.1. The average molecular weight is 487 g/mol. The van der Waals surface area contributed by atoms with Crippen molar-refractivity contribution >= 4 is 22.4 Å². The van der Waals surface area contributed by atoms with Gasteiger partial charge in [0.2, 0.25) is 0 Å². The van der Waals surface area contributed by atoms with Crippen LogP contribution >= 0.6 is 0 Å². The highest BCUT2D eigenvalue weighted by Crippen LogP contribution is 2.34. The molecule has 6 rings (SSSR count). The number of nitrogens with two attached hydrogens (primary N) is 1. The van der Waals surface area contributed by atoms with Crippen LogP contribution in [0.2, 0.25) is 0 Å². The molecule has 0 spiro atoms. The van der Waals surface area contributed by atoms with Crippen molar-refractivity contribution in [1.82, 2.24) is 29.6 Å². The topological polar surface area (TPSA) is 91.9 Å². The molecule has 0 radical (unpaired) electrons. The van der Waals surface area contributed by atoms with Crippen molar-refractivity contribution in [3.63, 3.8) is 0 Å². The van der Waals surface area contributed by atoms with Crippen LogP contribution in [0.25, 0.3) is 39.2 Å². The fraction of sp³-hybridized carbons (Fsp3) is 0.192. The largest absolute Gasteiger partial charge is 0.397 e. The van der Waals surface area contributed by atoms with Crippen molar-refractivity contribution < 1.29 is 8.78 Å². The number of nitrogen functional groups attached to an aromatic ring is 1. The van der Waals surface area contributed by atoms with E-state index in [9.17, 15) is 8.78 Å². The number of halogens is 2. The summed E-state index contributed by atoms with van der Waals surface area (Å²) in [4.78, 5) is 12.3. The summed E-state index contributed by atoms with van der Waals surface area (Å²) >= 11 is 0. The summed E-state index contributed by atoms with van der Waals surface area (Å²) in [5.41, 5.74) is 11.4. The van der Waals surface area contributed by atoms with Crippen LogP contribution in [-0.2, 0) is 0 Å². The van der Waals surface area contributed by atoms with Crippen LogP contribution in [0.4, 0.5) is 20.2 Å². The van der Waals surface area contributed by atoms with Gasteiger partial charge in [0, 0.05) is 55.1 Å². The molecule has 8 nitrogen and oxygen atoms in total. The van der Waals surface area contributed by atoms with E-state index in [1.807, 2.05) is 18.2 Å². The minimum Gasteiger partial charge on any atom is -0.397 e. The number of H-pyrrole nitrogens is 1. The number of hydrogen-bond acceptors (Lipinski definition) is 6. The number of piperazine rings is 1. The molecule has 3 aromatic heterocycles. The molecule has 0 bridgehead atoms. The first-order valence-corrected chi connectivity index (χ1v) is 11.6. The molecule has 2 aromatic carbocycles. The maximum absolute atomic E-state index is 14.5. The maximum Gasteiger partial charge on any atom is 0.182 e. The third-order valence-corrected chi connectivity index (χ3v) is 6.72. The van der Waals surface area contributed by atoms with E-state index in [1.54, 1.807) is 12.4 Å². The SMILES string of the molecule is CN1CCN(c2ccc(-c3cnc4[nH]cc(-c5nncn5-c5cccc(F)c5F)c4c3)cc2N)CC1. The highest BCUT2D eigenvalue weighted by Gasteiger charge is 2.20. The van der Waals surface area contributed by atoms with Crippen LogP contribution < -0.4 is 10.6 Å². The number of benzene rings is 2. The Labute approximate surface area is 206 Å². The van der Waals surface area contributed by atoms with Crippen LogP contribution in [0, 0.1) is 11.6 Å². The van der Waals surface area contributed by atoms with Gasteiger partial charge in [0.25, 0.3) is 0 Å². The summed E-state index contributed by atoms with van der Waals surface area (Å²) in [5.74, 6) is -1.53. The molecule has 0 unspecified atom stereocenters. The zero-order chi connectivity index (χ0) is 24.8. The molecule has 182 valence electrons. The third-order valence-electron chi connectivity index (χ3n) is 6.72.